The van der Waals surface area contributed by atoms with Crippen LogP contribution in [0.4, 0.5) is 0 Å². The van der Waals surface area contributed by atoms with E-state index in [-0.39, 0.29) is 0 Å². The van der Waals surface area contributed by atoms with Crippen LogP contribution in [0, 0.1) is 20.8 Å². The number of rotatable bonds is 0. The zero-order valence-corrected chi connectivity index (χ0v) is 11.0. The van der Waals surface area contributed by atoms with Crippen LogP contribution in [0.2, 0.25) is 0 Å². The van der Waals surface area contributed by atoms with Crippen molar-refractivity contribution < 1.29 is 17.4 Å². The Hall–Kier alpha value is -0.716. The molecule has 0 atom stereocenters. The Bertz CT molecular complexity index is 366. The van der Waals surface area contributed by atoms with Crippen LogP contribution >= 0.6 is 0 Å². The molecule has 0 N–H and O–H groups in total. The molecule has 0 unspecified atom stereocenters. The van der Waals surface area contributed by atoms with Gasteiger partial charge in [-0.1, -0.05) is 18.2 Å². The quantitative estimate of drug-likeness (QED) is 0.639. The third-order valence-corrected chi connectivity index (χ3v) is 3.15. The molecule has 0 nitrogen and oxygen atoms in total. The second-order valence-corrected chi connectivity index (χ2v) is 4.70. The van der Waals surface area contributed by atoms with E-state index in [1.165, 1.54) is 21.0 Å². The van der Waals surface area contributed by atoms with E-state index in [9.17, 15) is 0 Å². The van der Waals surface area contributed by atoms with E-state index in [0.29, 0.717) is 0 Å². The van der Waals surface area contributed by atoms with Gasteiger partial charge in [-0.25, -0.2) is 0 Å². The molecule has 0 aromatic heterocycles. The fourth-order valence-electron chi connectivity index (χ4n) is 1.33. The molecule has 1 heteroatoms. The van der Waals surface area contributed by atoms with Crippen molar-refractivity contribution in [1.82, 2.24) is 0 Å². The van der Waals surface area contributed by atoms with Gasteiger partial charge < -0.3 is 0 Å². The summed E-state index contributed by atoms with van der Waals surface area (Å²) in [6.45, 7) is 6.44. The van der Waals surface area contributed by atoms with Gasteiger partial charge >= 0.3 is 46.4 Å². The Morgan fingerprint density at radius 1 is 1.07 bits per heavy atom. The van der Waals surface area contributed by atoms with Gasteiger partial charge in [-0.05, 0) is 37.5 Å². The Kier molecular flexibility index (Phi) is 4.94. The molecule has 15 heavy (non-hydrogen) atoms. The number of benzene rings is 1. The Morgan fingerprint density at radius 2 is 1.67 bits per heavy atom. The molecule has 0 aliphatic heterocycles. The zero-order chi connectivity index (χ0) is 11.3. The van der Waals surface area contributed by atoms with E-state index in [2.05, 4.69) is 74.6 Å². The Labute approximate surface area is 102 Å². The van der Waals surface area contributed by atoms with Gasteiger partial charge in [0.25, 0.3) is 0 Å². The minimum atomic E-state index is 1.14. The average molecular weight is 236 g/mol. The topological polar surface area (TPSA) is 0 Å². The molecule has 0 bridgehead atoms. The van der Waals surface area contributed by atoms with Crippen LogP contribution in [0.5, 0.6) is 0 Å². The number of allylic oxidation sites excluding steroid dienone is 4. The minimum absolute atomic E-state index is 1.14. The van der Waals surface area contributed by atoms with Gasteiger partial charge in [0.1, 0.15) is 0 Å². The molecule has 1 aliphatic carbocycles. The van der Waals surface area contributed by atoms with E-state index >= 15 is 0 Å². The summed E-state index contributed by atoms with van der Waals surface area (Å²) in [4.78, 5) is 0. The summed E-state index contributed by atoms with van der Waals surface area (Å²) < 4.78 is 1.41. The molecule has 1 aromatic carbocycles. The van der Waals surface area contributed by atoms with E-state index < -0.39 is 0 Å². The fourth-order valence-corrected chi connectivity index (χ4v) is 1.63. The van der Waals surface area contributed by atoms with Crippen molar-refractivity contribution in [1.29, 1.82) is 0 Å². The summed E-state index contributed by atoms with van der Waals surface area (Å²) in [7, 11) is 0. The molecule has 0 heterocycles. The number of aryl methyl sites for hydroxylation is 2. The number of hydrogen-bond acceptors (Lipinski definition) is 0. The molecule has 2 rings (SSSR count). The first-order valence-electron chi connectivity index (χ1n) is 5.18. The summed E-state index contributed by atoms with van der Waals surface area (Å²) >= 11 is 2.54. The molecule has 0 saturated carbocycles. The monoisotopic (exact) mass is 236 g/mol. The maximum absolute atomic E-state index is 2.54. The molecule has 0 fully saturated rings. The van der Waals surface area contributed by atoms with Crippen LogP contribution in [-0.4, -0.2) is 0 Å². The molecule has 0 saturated heterocycles. The van der Waals surface area contributed by atoms with E-state index in [4.69, 9.17) is 0 Å². The predicted molar refractivity (Wildman–Crippen MR) is 62.5 cm³/mol. The fraction of sp³-hybridized carbons (Fsp3) is 0.286. The summed E-state index contributed by atoms with van der Waals surface area (Å²) in [5.41, 5.74) is 4.18. The van der Waals surface area contributed by atoms with Gasteiger partial charge in [0.15, 0.2) is 0 Å². The molecular formula is C14H17V. The molecule has 78 valence electrons. The van der Waals surface area contributed by atoms with E-state index in [0.717, 1.165) is 6.42 Å². The SMILES string of the molecule is Cc1cccc(C)c1C.[V][C]1=CC=CC1. The molecule has 1 aliphatic rings. The zero-order valence-electron chi connectivity index (χ0n) is 9.62. The molecular weight excluding hydrogens is 219 g/mol. The molecule has 0 spiro atoms. The van der Waals surface area contributed by atoms with Crippen molar-refractivity contribution in [3.8, 4) is 0 Å². The van der Waals surface area contributed by atoms with Gasteiger partial charge in [0.05, 0.1) is 0 Å². The summed E-state index contributed by atoms with van der Waals surface area (Å²) in [6.07, 6.45) is 7.47. The molecule has 1 aromatic rings. The Balaban J connectivity index is 0.000000162. The van der Waals surface area contributed by atoms with Crippen LogP contribution in [0.15, 0.2) is 40.7 Å². The van der Waals surface area contributed by atoms with Crippen molar-refractivity contribution in [3.05, 3.63) is 57.4 Å². The predicted octanol–water partition coefficient (Wildman–Crippen LogP) is 3.99. The standard InChI is InChI=1S/C9H12.C5H5.V/c1-7-5-4-6-8(2)9(7)3;1-2-4-5-3-1;/h4-6H,1-3H3;1-3H,4H2;. The van der Waals surface area contributed by atoms with Crippen molar-refractivity contribution in [2.24, 2.45) is 0 Å². The van der Waals surface area contributed by atoms with E-state index in [1.807, 2.05) is 0 Å². The van der Waals surface area contributed by atoms with Gasteiger partial charge in [0.2, 0.25) is 0 Å². The van der Waals surface area contributed by atoms with Crippen LogP contribution in [-0.2, 0) is 17.4 Å². The second-order valence-electron chi connectivity index (χ2n) is 3.81. The van der Waals surface area contributed by atoms with Crippen molar-refractivity contribution in [3.63, 3.8) is 0 Å². The van der Waals surface area contributed by atoms with Crippen LogP contribution < -0.4 is 0 Å². The summed E-state index contributed by atoms with van der Waals surface area (Å²) in [6, 6.07) is 6.38. The van der Waals surface area contributed by atoms with Crippen molar-refractivity contribution in [2.45, 2.75) is 27.2 Å². The third-order valence-electron chi connectivity index (χ3n) is 2.63. The van der Waals surface area contributed by atoms with Gasteiger partial charge in [-0.3, -0.25) is 0 Å². The van der Waals surface area contributed by atoms with Gasteiger partial charge in [0, 0.05) is 0 Å². The van der Waals surface area contributed by atoms with Crippen LogP contribution in [0.3, 0.4) is 0 Å². The van der Waals surface area contributed by atoms with Crippen molar-refractivity contribution in [2.75, 3.05) is 0 Å². The van der Waals surface area contributed by atoms with Gasteiger partial charge in [-0.15, -0.1) is 0 Å². The first-order valence-corrected chi connectivity index (χ1v) is 5.88. The first kappa shape index (κ1) is 12.4. The molecule has 0 radical (unpaired) electrons. The second kappa shape index (κ2) is 6.00. The third kappa shape index (κ3) is 4.11. The van der Waals surface area contributed by atoms with Crippen LogP contribution in [0.1, 0.15) is 23.1 Å². The van der Waals surface area contributed by atoms with E-state index in [1.54, 1.807) is 0 Å². The number of hydrogen-bond donors (Lipinski definition) is 0. The van der Waals surface area contributed by atoms with Crippen LogP contribution in [0.25, 0.3) is 0 Å². The summed E-state index contributed by atoms with van der Waals surface area (Å²) in [5.74, 6) is 0. The molecule has 0 amide bonds. The average Bonchev–Trinajstić information content (AvgIpc) is 2.66. The normalized spacial score (nSPS) is 13.1. The first-order chi connectivity index (χ1) is 7.11. The Morgan fingerprint density at radius 3 is 1.93 bits per heavy atom. The maximum atomic E-state index is 2.54. The van der Waals surface area contributed by atoms with Crippen molar-refractivity contribution >= 4 is 0 Å². The van der Waals surface area contributed by atoms with Gasteiger partial charge in [-0.2, -0.15) is 0 Å². The summed E-state index contributed by atoms with van der Waals surface area (Å²) in [5, 5.41) is 0.